The number of rotatable bonds is 41. The van der Waals surface area contributed by atoms with Crippen molar-refractivity contribution in [1.82, 2.24) is 21.3 Å². The van der Waals surface area contributed by atoms with Crippen LogP contribution in [0.4, 0.5) is 0 Å². The third-order valence-corrected chi connectivity index (χ3v) is 9.70. The summed E-state index contributed by atoms with van der Waals surface area (Å²) in [6.45, 7) is 10.1. The van der Waals surface area contributed by atoms with E-state index in [0.717, 1.165) is 77.8 Å². The smallest absolute Gasteiger partial charge is 0.221 e. The first-order valence-electron chi connectivity index (χ1n) is 21.7. The van der Waals surface area contributed by atoms with Gasteiger partial charge in [0.15, 0.2) is 0 Å². The van der Waals surface area contributed by atoms with E-state index in [4.69, 9.17) is 0 Å². The summed E-state index contributed by atoms with van der Waals surface area (Å²) in [5.74, 6) is 0.417. The molecule has 6 nitrogen and oxygen atoms in total. The van der Waals surface area contributed by atoms with Crippen LogP contribution in [0.2, 0.25) is 0 Å². The molecule has 0 atom stereocenters. The number of unbranched alkanes of at least 4 members (excludes halogenated alkanes) is 26. The molecule has 48 heavy (non-hydrogen) atoms. The van der Waals surface area contributed by atoms with Gasteiger partial charge < -0.3 is 21.3 Å². The molecule has 0 aliphatic carbocycles. The lowest BCUT2D eigenvalue weighted by atomic mass is 10.1. The van der Waals surface area contributed by atoms with Crippen molar-refractivity contribution in [3.63, 3.8) is 0 Å². The van der Waals surface area contributed by atoms with Gasteiger partial charge in [0, 0.05) is 32.5 Å². The van der Waals surface area contributed by atoms with E-state index in [1.165, 1.54) is 154 Å². The van der Waals surface area contributed by atoms with Crippen LogP contribution in [-0.2, 0) is 9.59 Å². The van der Waals surface area contributed by atoms with Crippen LogP contribution < -0.4 is 21.3 Å². The molecule has 0 saturated carbocycles. The van der Waals surface area contributed by atoms with Crippen LogP contribution in [-0.4, -0.2) is 51.1 Å². The molecule has 0 heterocycles. The molecule has 0 spiro atoms. The molecule has 0 aliphatic rings. The standard InChI is InChI=1S/C42H86N4O2/c1-3-5-7-9-11-13-15-17-19-21-23-31-38-45-41(47)33-27-25-28-35-43-36-29-26-30-37-44-40-34-42(48)46-39-32-24-22-20-18-16-14-12-10-8-6-4-2/h43-44H,3-40H2,1-2H3,(H,45,47)(H,46,48). The molecule has 0 aromatic rings. The van der Waals surface area contributed by atoms with Crippen LogP contribution in [0, 0.1) is 0 Å². The van der Waals surface area contributed by atoms with Gasteiger partial charge in [0.05, 0.1) is 0 Å². The van der Waals surface area contributed by atoms with Crippen molar-refractivity contribution in [2.45, 2.75) is 219 Å². The Balaban J connectivity index is 3.21. The van der Waals surface area contributed by atoms with E-state index in [1.807, 2.05) is 0 Å². The fraction of sp³-hybridized carbons (Fsp3) is 0.952. The first-order valence-corrected chi connectivity index (χ1v) is 21.7. The minimum absolute atomic E-state index is 0.185. The summed E-state index contributed by atoms with van der Waals surface area (Å²) in [4.78, 5) is 24.1. The maximum absolute atomic E-state index is 12.1. The predicted molar refractivity (Wildman–Crippen MR) is 211 cm³/mol. The molecule has 0 fully saturated rings. The molecule has 286 valence electrons. The molecule has 0 radical (unpaired) electrons. The fourth-order valence-corrected chi connectivity index (χ4v) is 6.41. The number of hydrogen-bond acceptors (Lipinski definition) is 4. The van der Waals surface area contributed by atoms with Gasteiger partial charge in [0.25, 0.3) is 0 Å². The Morgan fingerprint density at radius 1 is 0.292 bits per heavy atom. The SMILES string of the molecule is CCCCCCCCCCCCCCNC(=O)CCCCCNCCCCCNCCC(=O)NCCCCCCCCCCCCCC. The van der Waals surface area contributed by atoms with Crippen LogP contribution in [0.3, 0.4) is 0 Å². The van der Waals surface area contributed by atoms with Crippen molar-refractivity contribution < 1.29 is 9.59 Å². The zero-order valence-corrected chi connectivity index (χ0v) is 32.7. The molecule has 0 aliphatic heterocycles. The maximum Gasteiger partial charge on any atom is 0.221 e. The van der Waals surface area contributed by atoms with Gasteiger partial charge in [-0.25, -0.2) is 0 Å². The lowest BCUT2D eigenvalue weighted by Gasteiger charge is -2.08. The highest BCUT2D eigenvalue weighted by atomic mass is 16.2. The fourth-order valence-electron chi connectivity index (χ4n) is 6.41. The monoisotopic (exact) mass is 679 g/mol. The lowest BCUT2D eigenvalue weighted by Crippen LogP contribution is -2.28. The molecule has 0 aromatic heterocycles. The Morgan fingerprint density at radius 3 is 0.958 bits per heavy atom. The largest absolute Gasteiger partial charge is 0.356 e. The van der Waals surface area contributed by atoms with E-state index in [1.54, 1.807) is 0 Å². The normalized spacial score (nSPS) is 11.3. The third-order valence-electron chi connectivity index (χ3n) is 9.70. The van der Waals surface area contributed by atoms with Crippen LogP contribution >= 0.6 is 0 Å². The molecule has 0 aromatic carbocycles. The van der Waals surface area contributed by atoms with Gasteiger partial charge >= 0.3 is 0 Å². The molecule has 0 bridgehead atoms. The van der Waals surface area contributed by atoms with Crippen molar-refractivity contribution in [3.05, 3.63) is 0 Å². The molecular formula is C42H86N4O2. The summed E-state index contributed by atoms with van der Waals surface area (Å²) in [5.41, 5.74) is 0. The van der Waals surface area contributed by atoms with E-state index in [2.05, 4.69) is 35.1 Å². The second-order valence-corrected chi connectivity index (χ2v) is 14.6. The van der Waals surface area contributed by atoms with Gasteiger partial charge in [-0.1, -0.05) is 168 Å². The number of amides is 2. The Kier molecular flexibility index (Phi) is 41.0. The number of carbonyl (C=O) groups is 2. The summed E-state index contributed by atoms with van der Waals surface area (Å²) in [5, 5.41) is 13.2. The zero-order valence-electron chi connectivity index (χ0n) is 32.7. The van der Waals surface area contributed by atoms with Gasteiger partial charge in [-0.3, -0.25) is 9.59 Å². The number of carbonyl (C=O) groups excluding carboxylic acids is 2. The first kappa shape index (κ1) is 46.9. The number of nitrogens with one attached hydrogen (secondary N) is 4. The summed E-state index contributed by atoms with van der Waals surface area (Å²) >= 11 is 0. The number of hydrogen-bond donors (Lipinski definition) is 4. The summed E-state index contributed by atoms with van der Waals surface area (Å²) in [7, 11) is 0. The summed E-state index contributed by atoms with van der Waals surface area (Å²) in [6.07, 6.45) is 40.5. The zero-order chi connectivity index (χ0) is 34.9. The minimum Gasteiger partial charge on any atom is -0.356 e. The highest BCUT2D eigenvalue weighted by Crippen LogP contribution is 2.13. The van der Waals surface area contributed by atoms with Gasteiger partial charge in [-0.2, -0.15) is 0 Å². The molecule has 2 amide bonds. The van der Waals surface area contributed by atoms with Crippen molar-refractivity contribution >= 4 is 11.8 Å². The van der Waals surface area contributed by atoms with Crippen LogP contribution in [0.5, 0.6) is 0 Å². The first-order chi connectivity index (χ1) is 23.7. The van der Waals surface area contributed by atoms with Crippen LogP contribution in [0.15, 0.2) is 0 Å². The minimum atomic E-state index is 0.185. The van der Waals surface area contributed by atoms with Gasteiger partial charge in [0.1, 0.15) is 0 Å². The Labute approximate surface area is 300 Å². The molecule has 0 rings (SSSR count). The van der Waals surface area contributed by atoms with Gasteiger partial charge in [-0.05, 0) is 58.2 Å². The van der Waals surface area contributed by atoms with E-state index in [9.17, 15) is 9.59 Å². The predicted octanol–water partition coefficient (Wildman–Crippen LogP) is 10.9. The van der Waals surface area contributed by atoms with Gasteiger partial charge in [-0.15, -0.1) is 0 Å². The van der Waals surface area contributed by atoms with Crippen LogP contribution in [0.25, 0.3) is 0 Å². The van der Waals surface area contributed by atoms with Crippen LogP contribution in [0.1, 0.15) is 219 Å². The van der Waals surface area contributed by atoms with E-state index >= 15 is 0 Å². The molecular weight excluding hydrogens is 592 g/mol. The second-order valence-electron chi connectivity index (χ2n) is 14.6. The topological polar surface area (TPSA) is 82.3 Å². The van der Waals surface area contributed by atoms with E-state index in [0.29, 0.717) is 12.8 Å². The highest BCUT2D eigenvalue weighted by Gasteiger charge is 2.02. The summed E-state index contributed by atoms with van der Waals surface area (Å²) in [6, 6.07) is 0. The van der Waals surface area contributed by atoms with Crippen molar-refractivity contribution in [2.75, 3.05) is 39.3 Å². The van der Waals surface area contributed by atoms with Crippen molar-refractivity contribution in [2.24, 2.45) is 0 Å². The van der Waals surface area contributed by atoms with Crippen molar-refractivity contribution in [1.29, 1.82) is 0 Å². The quantitative estimate of drug-likeness (QED) is 0.0485. The van der Waals surface area contributed by atoms with Crippen molar-refractivity contribution in [3.8, 4) is 0 Å². The second kappa shape index (κ2) is 42.0. The summed E-state index contributed by atoms with van der Waals surface area (Å²) < 4.78 is 0. The molecule has 0 unspecified atom stereocenters. The molecule has 6 heteroatoms. The Morgan fingerprint density at radius 2 is 0.562 bits per heavy atom. The van der Waals surface area contributed by atoms with Gasteiger partial charge in [0.2, 0.25) is 11.8 Å². The molecule has 4 N–H and O–H groups in total. The maximum atomic E-state index is 12.1. The van der Waals surface area contributed by atoms with E-state index < -0.39 is 0 Å². The average Bonchev–Trinajstić information content (AvgIpc) is 3.09. The van der Waals surface area contributed by atoms with E-state index in [-0.39, 0.29) is 11.8 Å². The lowest BCUT2D eigenvalue weighted by molar-refractivity contribution is -0.121. The Bertz CT molecular complexity index is 591. The average molecular weight is 679 g/mol. The molecule has 0 saturated heterocycles. The third kappa shape index (κ3) is 41.0. The highest BCUT2D eigenvalue weighted by molar-refractivity contribution is 5.76. The Hall–Kier alpha value is -1.14.